The van der Waals surface area contributed by atoms with Crippen LogP contribution in [0, 0.1) is 0 Å². The Kier molecular flexibility index (Phi) is 6.11. The number of hydrogen-bond donors (Lipinski definition) is 0. The SMILES string of the molecule is CCC(C)c1cc[n+](CC[n+]2ccc(C(C)CC)cc2)cc1. The number of hydrogen-bond acceptors (Lipinski definition) is 0. The largest absolute Gasteiger partial charge is 0.206 e. The molecule has 0 saturated carbocycles. The van der Waals surface area contributed by atoms with Gasteiger partial charge in [-0.25, -0.2) is 0 Å². The molecule has 2 nitrogen and oxygen atoms in total. The molecular formula is C20H30N2+2. The van der Waals surface area contributed by atoms with E-state index in [1.807, 2.05) is 0 Å². The molecule has 0 N–H and O–H groups in total. The second-order valence-electron chi connectivity index (χ2n) is 6.36. The van der Waals surface area contributed by atoms with Crippen LogP contribution in [0.5, 0.6) is 0 Å². The maximum atomic E-state index is 2.29. The molecule has 2 rings (SSSR count). The first-order valence-corrected chi connectivity index (χ1v) is 8.62. The van der Waals surface area contributed by atoms with Gasteiger partial charge in [-0.3, -0.25) is 0 Å². The fourth-order valence-electron chi connectivity index (χ4n) is 2.60. The van der Waals surface area contributed by atoms with E-state index in [4.69, 9.17) is 0 Å². The molecule has 2 heterocycles. The summed E-state index contributed by atoms with van der Waals surface area (Å²) >= 11 is 0. The molecule has 2 aromatic heterocycles. The van der Waals surface area contributed by atoms with Gasteiger partial charge in [0.05, 0.1) is 0 Å². The highest BCUT2D eigenvalue weighted by Gasteiger charge is 2.10. The summed E-state index contributed by atoms with van der Waals surface area (Å²) in [5.74, 6) is 1.30. The number of aryl methyl sites for hydroxylation is 2. The van der Waals surface area contributed by atoms with Crippen LogP contribution < -0.4 is 9.13 Å². The maximum Gasteiger partial charge on any atom is 0.206 e. The van der Waals surface area contributed by atoms with Crippen molar-refractivity contribution in [3.8, 4) is 0 Å². The van der Waals surface area contributed by atoms with Crippen molar-refractivity contribution in [1.82, 2.24) is 0 Å². The molecule has 2 aromatic rings. The average molecular weight is 298 g/mol. The molecule has 2 heteroatoms. The Morgan fingerprint density at radius 1 is 0.682 bits per heavy atom. The van der Waals surface area contributed by atoms with Gasteiger partial charge < -0.3 is 0 Å². The summed E-state index contributed by atoms with van der Waals surface area (Å²) < 4.78 is 4.53. The van der Waals surface area contributed by atoms with Gasteiger partial charge in [0.1, 0.15) is 0 Å². The molecule has 2 atom stereocenters. The lowest BCUT2D eigenvalue weighted by Crippen LogP contribution is -2.43. The minimum absolute atomic E-state index is 0.650. The third-order valence-corrected chi connectivity index (χ3v) is 4.81. The predicted octanol–water partition coefficient (Wildman–Crippen LogP) is 3.99. The van der Waals surface area contributed by atoms with E-state index in [9.17, 15) is 0 Å². The third kappa shape index (κ3) is 4.40. The first-order valence-electron chi connectivity index (χ1n) is 8.62. The quantitative estimate of drug-likeness (QED) is 0.683. The maximum absolute atomic E-state index is 2.29. The Hall–Kier alpha value is -1.70. The highest BCUT2D eigenvalue weighted by atomic mass is 15.0. The summed E-state index contributed by atoms with van der Waals surface area (Å²) in [6, 6.07) is 9.02. The van der Waals surface area contributed by atoms with Gasteiger partial charge in [0.25, 0.3) is 0 Å². The van der Waals surface area contributed by atoms with Crippen molar-refractivity contribution >= 4 is 0 Å². The van der Waals surface area contributed by atoms with E-state index in [-0.39, 0.29) is 0 Å². The Balaban J connectivity index is 1.92. The van der Waals surface area contributed by atoms with Crippen molar-refractivity contribution in [3.63, 3.8) is 0 Å². The van der Waals surface area contributed by atoms with Gasteiger partial charge in [-0.2, -0.15) is 9.13 Å². The van der Waals surface area contributed by atoms with Crippen LogP contribution in [-0.2, 0) is 13.1 Å². The molecule has 0 aromatic carbocycles. The number of rotatable bonds is 7. The molecule has 0 aliphatic rings. The smallest absolute Gasteiger partial charge is 0.198 e. The zero-order chi connectivity index (χ0) is 15.9. The van der Waals surface area contributed by atoms with Crippen LogP contribution in [0.4, 0.5) is 0 Å². The van der Waals surface area contributed by atoms with Crippen LogP contribution in [0.2, 0.25) is 0 Å². The van der Waals surface area contributed by atoms with Crippen molar-refractivity contribution in [2.75, 3.05) is 0 Å². The fourth-order valence-corrected chi connectivity index (χ4v) is 2.60. The number of pyridine rings is 2. The van der Waals surface area contributed by atoms with Gasteiger partial charge in [-0.15, -0.1) is 0 Å². The summed E-state index contributed by atoms with van der Waals surface area (Å²) in [4.78, 5) is 0. The van der Waals surface area contributed by atoms with Crippen molar-refractivity contribution in [2.45, 2.75) is 65.5 Å². The van der Waals surface area contributed by atoms with Gasteiger partial charge in [0, 0.05) is 24.3 Å². The number of nitrogens with zero attached hydrogens (tertiary/aromatic N) is 2. The van der Waals surface area contributed by atoms with E-state index in [0.29, 0.717) is 11.8 Å². The second-order valence-corrected chi connectivity index (χ2v) is 6.36. The first-order chi connectivity index (χ1) is 10.6. The van der Waals surface area contributed by atoms with Gasteiger partial charge in [0.15, 0.2) is 24.8 Å². The van der Waals surface area contributed by atoms with Crippen LogP contribution in [0.15, 0.2) is 49.1 Å². The summed E-state index contributed by atoms with van der Waals surface area (Å²) in [7, 11) is 0. The highest BCUT2D eigenvalue weighted by molar-refractivity contribution is 5.13. The molecule has 0 aliphatic carbocycles. The standard InChI is InChI=1S/C20H30N2/c1-5-17(3)19-7-11-21(12-8-19)15-16-22-13-9-20(10-14-22)18(4)6-2/h7-14,17-18H,5-6,15-16H2,1-4H3/q+2. The lowest BCUT2D eigenvalue weighted by molar-refractivity contribution is -0.778. The van der Waals surface area contributed by atoms with E-state index in [1.165, 1.54) is 24.0 Å². The monoisotopic (exact) mass is 298 g/mol. The van der Waals surface area contributed by atoms with Gasteiger partial charge in [-0.1, -0.05) is 27.7 Å². The van der Waals surface area contributed by atoms with Crippen LogP contribution in [0.25, 0.3) is 0 Å². The highest BCUT2D eigenvalue weighted by Crippen LogP contribution is 2.17. The third-order valence-electron chi connectivity index (χ3n) is 4.81. The molecule has 0 fully saturated rings. The van der Waals surface area contributed by atoms with E-state index in [1.54, 1.807) is 0 Å². The molecule has 0 spiro atoms. The van der Waals surface area contributed by atoms with E-state index in [2.05, 4.69) is 85.9 Å². The predicted molar refractivity (Wildman–Crippen MR) is 90.7 cm³/mol. The van der Waals surface area contributed by atoms with Crippen molar-refractivity contribution in [2.24, 2.45) is 0 Å². The Morgan fingerprint density at radius 2 is 1.00 bits per heavy atom. The van der Waals surface area contributed by atoms with Crippen molar-refractivity contribution in [1.29, 1.82) is 0 Å². The molecule has 0 saturated heterocycles. The second kappa shape index (κ2) is 8.07. The molecule has 2 unspecified atom stereocenters. The van der Waals surface area contributed by atoms with Crippen LogP contribution in [0.1, 0.15) is 63.5 Å². The van der Waals surface area contributed by atoms with Crippen molar-refractivity contribution < 1.29 is 9.13 Å². The summed E-state index contributed by atoms with van der Waals surface area (Å²) in [6.45, 7) is 11.1. The average Bonchev–Trinajstić information content (AvgIpc) is 2.59. The minimum atomic E-state index is 0.650. The van der Waals surface area contributed by atoms with Gasteiger partial charge in [0.2, 0.25) is 13.1 Å². The lowest BCUT2D eigenvalue weighted by Gasteiger charge is -2.07. The zero-order valence-corrected chi connectivity index (χ0v) is 14.5. The Labute approximate surface area is 135 Å². The minimum Gasteiger partial charge on any atom is -0.198 e. The van der Waals surface area contributed by atoms with Crippen molar-refractivity contribution in [3.05, 3.63) is 60.2 Å². The molecule has 0 aliphatic heterocycles. The fraction of sp³-hybridized carbons (Fsp3) is 0.500. The first kappa shape index (κ1) is 16.7. The number of aromatic nitrogens is 2. The summed E-state index contributed by atoms with van der Waals surface area (Å²) in [6.07, 6.45) is 11.2. The summed E-state index contributed by atoms with van der Waals surface area (Å²) in [5.41, 5.74) is 2.87. The molecular weight excluding hydrogens is 268 g/mol. The topological polar surface area (TPSA) is 7.76 Å². The van der Waals surface area contributed by atoms with Crippen LogP contribution in [-0.4, -0.2) is 0 Å². The molecule has 0 amide bonds. The van der Waals surface area contributed by atoms with E-state index >= 15 is 0 Å². The normalized spacial score (nSPS) is 13.8. The molecule has 0 bridgehead atoms. The molecule has 0 radical (unpaired) electrons. The Bertz CT molecular complexity index is 504. The Morgan fingerprint density at radius 3 is 1.27 bits per heavy atom. The molecule has 118 valence electrons. The van der Waals surface area contributed by atoms with E-state index < -0.39 is 0 Å². The van der Waals surface area contributed by atoms with Gasteiger partial charge in [-0.05, 0) is 35.8 Å². The zero-order valence-electron chi connectivity index (χ0n) is 14.5. The van der Waals surface area contributed by atoms with Crippen LogP contribution in [0.3, 0.4) is 0 Å². The summed E-state index contributed by atoms with van der Waals surface area (Å²) in [5, 5.41) is 0. The lowest BCUT2D eigenvalue weighted by atomic mass is 10.0. The van der Waals surface area contributed by atoms with Gasteiger partial charge >= 0.3 is 0 Å². The van der Waals surface area contributed by atoms with Crippen LogP contribution >= 0.6 is 0 Å². The van der Waals surface area contributed by atoms with E-state index in [0.717, 1.165) is 13.1 Å². The molecule has 22 heavy (non-hydrogen) atoms.